The second kappa shape index (κ2) is 4.06. The Hall–Kier alpha value is -0.290. The van der Waals surface area contributed by atoms with E-state index in [1.54, 1.807) is 0 Å². The fourth-order valence-electron chi connectivity index (χ4n) is 1.71. The minimum atomic E-state index is -4.21. The molecule has 0 aliphatic heterocycles. The standard InChI is InChI=1S/C9H17F3N2/c1-6-3-7(6)5-14(2)8(4-13)9(10,11)12/h6-8H,3-5,13H2,1-2H3. The second-order valence-corrected chi connectivity index (χ2v) is 4.21. The van der Waals surface area contributed by atoms with Gasteiger partial charge in [0.2, 0.25) is 0 Å². The summed E-state index contributed by atoms with van der Waals surface area (Å²) in [4.78, 5) is 1.33. The normalized spacial score (nSPS) is 29.4. The summed E-state index contributed by atoms with van der Waals surface area (Å²) in [7, 11) is 1.50. The molecule has 0 bridgehead atoms. The first-order chi connectivity index (χ1) is 6.36. The summed E-state index contributed by atoms with van der Waals surface area (Å²) in [6.45, 7) is 2.20. The number of likely N-dealkylation sites (N-methyl/N-ethyl adjacent to an activating group) is 1. The number of hydrogen-bond donors (Lipinski definition) is 1. The van der Waals surface area contributed by atoms with Crippen molar-refractivity contribution in [1.82, 2.24) is 4.90 Å². The Morgan fingerprint density at radius 3 is 2.29 bits per heavy atom. The summed E-state index contributed by atoms with van der Waals surface area (Å²) < 4.78 is 37.3. The fraction of sp³-hybridized carbons (Fsp3) is 1.00. The molecule has 1 rings (SSSR count). The Bertz CT molecular complexity index is 193. The zero-order valence-corrected chi connectivity index (χ0v) is 8.51. The van der Waals surface area contributed by atoms with E-state index >= 15 is 0 Å². The maximum atomic E-state index is 12.4. The Kier molecular flexibility index (Phi) is 3.42. The highest BCUT2D eigenvalue weighted by atomic mass is 19.4. The highest BCUT2D eigenvalue weighted by molar-refractivity contribution is 4.87. The molecule has 3 unspecified atom stereocenters. The molecule has 0 radical (unpaired) electrons. The molecular weight excluding hydrogens is 193 g/mol. The monoisotopic (exact) mass is 210 g/mol. The average molecular weight is 210 g/mol. The molecule has 0 aromatic carbocycles. The predicted molar refractivity (Wildman–Crippen MR) is 48.8 cm³/mol. The van der Waals surface area contributed by atoms with Gasteiger partial charge in [-0.3, -0.25) is 4.90 Å². The number of alkyl halides is 3. The van der Waals surface area contributed by atoms with Crippen LogP contribution in [-0.2, 0) is 0 Å². The molecule has 0 saturated heterocycles. The van der Waals surface area contributed by atoms with Gasteiger partial charge in [-0.2, -0.15) is 13.2 Å². The molecular formula is C9H17F3N2. The molecule has 2 N–H and O–H groups in total. The minimum absolute atomic E-state index is 0.360. The van der Waals surface area contributed by atoms with E-state index in [9.17, 15) is 13.2 Å². The lowest BCUT2D eigenvalue weighted by Gasteiger charge is -2.28. The van der Waals surface area contributed by atoms with Gasteiger partial charge in [0.25, 0.3) is 0 Å². The summed E-state index contributed by atoms with van der Waals surface area (Å²) >= 11 is 0. The van der Waals surface area contributed by atoms with Crippen LogP contribution in [0.1, 0.15) is 13.3 Å². The van der Waals surface area contributed by atoms with E-state index in [1.807, 2.05) is 0 Å². The topological polar surface area (TPSA) is 29.3 Å². The van der Waals surface area contributed by atoms with Crippen LogP contribution in [0.4, 0.5) is 13.2 Å². The molecule has 1 aliphatic rings. The summed E-state index contributed by atoms with van der Waals surface area (Å²) in [5.41, 5.74) is 5.13. The molecule has 0 heterocycles. The molecule has 5 heteroatoms. The first kappa shape index (κ1) is 11.8. The van der Waals surface area contributed by atoms with Crippen LogP contribution in [0.3, 0.4) is 0 Å². The van der Waals surface area contributed by atoms with E-state index in [0.29, 0.717) is 18.4 Å². The van der Waals surface area contributed by atoms with Crippen LogP contribution in [0.5, 0.6) is 0 Å². The molecule has 2 nitrogen and oxygen atoms in total. The van der Waals surface area contributed by atoms with E-state index in [4.69, 9.17) is 5.73 Å². The third-order valence-corrected chi connectivity index (χ3v) is 2.93. The van der Waals surface area contributed by atoms with Crippen molar-refractivity contribution in [3.8, 4) is 0 Å². The van der Waals surface area contributed by atoms with Crippen molar-refractivity contribution in [2.45, 2.75) is 25.6 Å². The van der Waals surface area contributed by atoms with E-state index in [1.165, 1.54) is 11.9 Å². The van der Waals surface area contributed by atoms with Crippen molar-refractivity contribution >= 4 is 0 Å². The Morgan fingerprint density at radius 1 is 1.50 bits per heavy atom. The predicted octanol–water partition coefficient (Wildman–Crippen LogP) is 1.46. The highest BCUT2D eigenvalue weighted by Crippen LogP contribution is 2.39. The first-order valence-electron chi connectivity index (χ1n) is 4.83. The van der Waals surface area contributed by atoms with Crippen LogP contribution >= 0.6 is 0 Å². The smallest absolute Gasteiger partial charge is 0.329 e. The Balaban J connectivity index is 2.43. The maximum absolute atomic E-state index is 12.4. The Labute approximate surface area is 82.2 Å². The number of hydrogen-bond acceptors (Lipinski definition) is 2. The summed E-state index contributed by atoms with van der Waals surface area (Å²) in [6, 6.07) is -1.49. The lowest BCUT2D eigenvalue weighted by molar-refractivity contribution is -0.178. The molecule has 1 fully saturated rings. The van der Waals surface area contributed by atoms with Crippen molar-refractivity contribution in [1.29, 1.82) is 0 Å². The first-order valence-corrected chi connectivity index (χ1v) is 4.83. The lowest BCUT2D eigenvalue weighted by Crippen LogP contribution is -2.49. The molecule has 1 aliphatic carbocycles. The zero-order valence-electron chi connectivity index (χ0n) is 8.51. The SMILES string of the molecule is CC1CC1CN(C)C(CN)C(F)(F)F. The summed E-state index contributed by atoms with van der Waals surface area (Å²) in [5, 5.41) is 0. The molecule has 84 valence electrons. The molecule has 0 amide bonds. The van der Waals surface area contributed by atoms with Gasteiger partial charge in [-0.15, -0.1) is 0 Å². The molecule has 0 aromatic rings. The van der Waals surface area contributed by atoms with Crippen LogP contribution in [0, 0.1) is 11.8 Å². The number of nitrogens with two attached hydrogens (primary N) is 1. The van der Waals surface area contributed by atoms with Gasteiger partial charge in [0.05, 0.1) is 0 Å². The largest absolute Gasteiger partial charge is 0.405 e. The van der Waals surface area contributed by atoms with Gasteiger partial charge in [0.1, 0.15) is 6.04 Å². The number of rotatable bonds is 4. The van der Waals surface area contributed by atoms with E-state index < -0.39 is 12.2 Å². The van der Waals surface area contributed by atoms with Crippen LogP contribution < -0.4 is 5.73 Å². The Morgan fingerprint density at radius 2 is 2.00 bits per heavy atom. The number of halogens is 3. The van der Waals surface area contributed by atoms with Crippen LogP contribution in [0.2, 0.25) is 0 Å². The van der Waals surface area contributed by atoms with Gasteiger partial charge in [-0.1, -0.05) is 6.92 Å². The van der Waals surface area contributed by atoms with Gasteiger partial charge in [0, 0.05) is 13.1 Å². The van der Waals surface area contributed by atoms with Crippen LogP contribution in [-0.4, -0.2) is 37.3 Å². The molecule has 14 heavy (non-hydrogen) atoms. The molecule has 3 atom stereocenters. The third-order valence-electron chi connectivity index (χ3n) is 2.93. The third kappa shape index (κ3) is 2.85. The zero-order chi connectivity index (χ0) is 10.9. The second-order valence-electron chi connectivity index (χ2n) is 4.21. The van der Waals surface area contributed by atoms with Crippen molar-refractivity contribution in [2.75, 3.05) is 20.1 Å². The van der Waals surface area contributed by atoms with Crippen LogP contribution in [0.15, 0.2) is 0 Å². The van der Waals surface area contributed by atoms with Gasteiger partial charge in [0.15, 0.2) is 0 Å². The van der Waals surface area contributed by atoms with E-state index in [0.717, 1.165) is 6.42 Å². The van der Waals surface area contributed by atoms with Gasteiger partial charge >= 0.3 is 6.18 Å². The average Bonchev–Trinajstić information content (AvgIpc) is 2.64. The fourth-order valence-corrected chi connectivity index (χ4v) is 1.71. The maximum Gasteiger partial charge on any atom is 0.405 e. The van der Waals surface area contributed by atoms with Crippen LogP contribution in [0.25, 0.3) is 0 Å². The molecule has 0 spiro atoms. The molecule has 0 aromatic heterocycles. The van der Waals surface area contributed by atoms with Crippen molar-refractivity contribution in [3.05, 3.63) is 0 Å². The number of nitrogens with zero attached hydrogens (tertiary/aromatic N) is 1. The molecule has 1 saturated carbocycles. The van der Waals surface area contributed by atoms with Gasteiger partial charge in [-0.05, 0) is 25.3 Å². The van der Waals surface area contributed by atoms with Gasteiger partial charge < -0.3 is 5.73 Å². The van der Waals surface area contributed by atoms with Crippen molar-refractivity contribution in [3.63, 3.8) is 0 Å². The summed E-state index contributed by atoms with van der Waals surface area (Å²) in [6.07, 6.45) is -3.17. The quantitative estimate of drug-likeness (QED) is 0.761. The van der Waals surface area contributed by atoms with Crippen molar-refractivity contribution < 1.29 is 13.2 Å². The summed E-state index contributed by atoms with van der Waals surface area (Å²) in [5.74, 6) is 1.00. The lowest BCUT2D eigenvalue weighted by atomic mass is 10.2. The van der Waals surface area contributed by atoms with Gasteiger partial charge in [-0.25, -0.2) is 0 Å². The highest BCUT2D eigenvalue weighted by Gasteiger charge is 2.43. The van der Waals surface area contributed by atoms with E-state index in [2.05, 4.69) is 6.92 Å². The van der Waals surface area contributed by atoms with Crippen molar-refractivity contribution in [2.24, 2.45) is 17.6 Å². The van der Waals surface area contributed by atoms with E-state index in [-0.39, 0.29) is 6.54 Å². The minimum Gasteiger partial charge on any atom is -0.329 e.